The van der Waals surface area contributed by atoms with Gasteiger partial charge in [0, 0.05) is 18.6 Å². The molecule has 1 heterocycles. The summed E-state index contributed by atoms with van der Waals surface area (Å²) >= 11 is 11.8. The molecule has 0 radical (unpaired) electrons. The number of hydrogen-bond acceptors (Lipinski definition) is 4. The molecule has 2 aromatic rings. The van der Waals surface area contributed by atoms with E-state index in [2.05, 4.69) is 9.97 Å². The second kappa shape index (κ2) is 6.08. The summed E-state index contributed by atoms with van der Waals surface area (Å²) < 4.78 is 5.61. The van der Waals surface area contributed by atoms with E-state index in [-0.39, 0.29) is 0 Å². The molecule has 100 valence electrons. The van der Waals surface area contributed by atoms with Gasteiger partial charge in [0.25, 0.3) is 0 Å². The Morgan fingerprint density at radius 1 is 1.16 bits per heavy atom. The van der Waals surface area contributed by atoms with Gasteiger partial charge in [0.2, 0.25) is 5.88 Å². The van der Waals surface area contributed by atoms with Gasteiger partial charge in [-0.05, 0) is 18.6 Å². The van der Waals surface area contributed by atoms with E-state index in [1.165, 1.54) is 0 Å². The van der Waals surface area contributed by atoms with Gasteiger partial charge in [-0.2, -0.15) is 4.98 Å². The zero-order valence-corrected chi connectivity index (χ0v) is 11.9. The van der Waals surface area contributed by atoms with Gasteiger partial charge in [0.05, 0.1) is 10.0 Å². The molecule has 0 fully saturated rings. The Hall–Kier alpha value is -1.52. The largest absolute Gasteiger partial charge is 0.439 e. The number of anilines is 1. The Morgan fingerprint density at radius 3 is 2.63 bits per heavy atom. The average molecular weight is 298 g/mol. The van der Waals surface area contributed by atoms with E-state index in [1.54, 1.807) is 24.3 Å². The first-order valence-electron chi connectivity index (χ1n) is 5.85. The van der Waals surface area contributed by atoms with Gasteiger partial charge in [0.1, 0.15) is 17.4 Å². The van der Waals surface area contributed by atoms with Gasteiger partial charge < -0.3 is 10.5 Å². The molecule has 1 aromatic heterocycles. The van der Waals surface area contributed by atoms with Crippen molar-refractivity contribution in [3.8, 4) is 11.6 Å². The standard InChI is InChI=1S/C13H13Cl2N3O/c1-2-3-12-17-11(16)7-13(18-12)19-8-4-5-9(14)10(15)6-8/h4-7H,2-3H2,1H3,(H2,16,17,18). The van der Waals surface area contributed by atoms with Crippen molar-refractivity contribution in [1.82, 2.24) is 9.97 Å². The Bertz CT molecular complexity index is 590. The van der Waals surface area contributed by atoms with Gasteiger partial charge in [0.15, 0.2) is 0 Å². The van der Waals surface area contributed by atoms with Gasteiger partial charge in [-0.1, -0.05) is 30.1 Å². The first-order chi connectivity index (χ1) is 9.08. The lowest BCUT2D eigenvalue weighted by Gasteiger charge is -2.08. The van der Waals surface area contributed by atoms with Crippen LogP contribution < -0.4 is 10.5 Å². The molecular formula is C13H13Cl2N3O. The molecule has 0 bridgehead atoms. The summed E-state index contributed by atoms with van der Waals surface area (Å²) in [6.07, 6.45) is 1.69. The molecule has 0 saturated carbocycles. The Labute approximate surface area is 121 Å². The molecule has 0 spiro atoms. The summed E-state index contributed by atoms with van der Waals surface area (Å²) in [7, 11) is 0. The Morgan fingerprint density at radius 2 is 1.95 bits per heavy atom. The summed E-state index contributed by atoms with van der Waals surface area (Å²) in [5, 5.41) is 0.901. The minimum Gasteiger partial charge on any atom is -0.439 e. The number of hydrogen-bond donors (Lipinski definition) is 1. The lowest BCUT2D eigenvalue weighted by atomic mass is 10.3. The van der Waals surface area contributed by atoms with E-state index in [0.717, 1.165) is 12.8 Å². The number of rotatable bonds is 4. The second-order valence-electron chi connectivity index (χ2n) is 3.98. The SMILES string of the molecule is CCCc1nc(N)cc(Oc2ccc(Cl)c(Cl)c2)n1. The maximum absolute atomic E-state index is 5.92. The number of aromatic nitrogens is 2. The van der Waals surface area contributed by atoms with Crippen molar-refractivity contribution in [2.45, 2.75) is 19.8 Å². The molecule has 4 nitrogen and oxygen atoms in total. The van der Waals surface area contributed by atoms with Crippen LogP contribution in [0, 0.1) is 0 Å². The third-order valence-electron chi connectivity index (χ3n) is 2.36. The van der Waals surface area contributed by atoms with Gasteiger partial charge in [-0.25, -0.2) is 4.98 Å². The van der Waals surface area contributed by atoms with Crippen molar-refractivity contribution >= 4 is 29.0 Å². The summed E-state index contributed by atoms with van der Waals surface area (Å²) in [5.74, 6) is 2.00. The van der Waals surface area contributed by atoms with Crippen LogP contribution >= 0.6 is 23.2 Å². The highest BCUT2D eigenvalue weighted by Crippen LogP contribution is 2.29. The summed E-state index contributed by atoms with van der Waals surface area (Å²) in [6, 6.07) is 6.58. The number of halogens is 2. The van der Waals surface area contributed by atoms with Gasteiger partial charge >= 0.3 is 0 Å². The maximum atomic E-state index is 5.92. The highest BCUT2D eigenvalue weighted by atomic mass is 35.5. The Kier molecular flexibility index (Phi) is 4.45. The lowest BCUT2D eigenvalue weighted by molar-refractivity contribution is 0.459. The molecule has 0 unspecified atom stereocenters. The zero-order chi connectivity index (χ0) is 13.8. The number of nitrogens with zero attached hydrogens (tertiary/aromatic N) is 2. The predicted molar refractivity (Wildman–Crippen MR) is 77.0 cm³/mol. The number of nitrogens with two attached hydrogens (primary N) is 1. The molecule has 0 aliphatic rings. The van der Waals surface area contributed by atoms with Crippen molar-refractivity contribution in [1.29, 1.82) is 0 Å². The molecule has 19 heavy (non-hydrogen) atoms. The molecule has 0 atom stereocenters. The average Bonchev–Trinajstić information content (AvgIpc) is 2.33. The molecule has 0 saturated heterocycles. The quantitative estimate of drug-likeness (QED) is 0.922. The van der Waals surface area contributed by atoms with Crippen molar-refractivity contribution < 1.29 is 4.74 Å². The van der Waals surface area contributed by atoms with Crippen molar-refractivity contribution in [2.24, 2.45) is 0 Å². The van der Waals surface area contributed by atoms with Gasteiger partial charge in [-0.15, -0.1) is 0 Å². The third-order valence-corrected chi connectivity index (χ3v) is 3.09. The first kappa shape index (κ1) is 13.9. The normalized spacial score (nSPS) is 10.5. The van der Waals surface area contributed by atoms with Crippen LogP contribution in [0.15, 0.2) is 24.3 Å². The second-order valence-corrected chi connectivity index (χ2v) is 4.79. The maximum Gasteiger partial charge on any atom is 0.224 e. The molecule has 6 heteroatoms. The zero-order valence-electron chi connectivity index (χ0n) is 10.4. The van der Waals surface area contributed by atoms with Crippen LogP contribution in [0.3, 0.4) is 0 Å². The molecule has 0 amide bonds. The first-order valence-corrected chi connectivity index (χ1v) is 6.60. The summed E-state index contributed by atoms with van der Waals surface area (Å²) in [4.78, 5) is 8.42. The van der Waals surface area contributed by atoms with E-state index in [9.17, 15) is 0 Å². The van der Waals surface area contributed by atoms with Crippen LogP contribution in [0.2, 0.25) is 10.0 Å². The van der Waals surface area contributed by atoms with Crippen molar-refractivity contribution in [3.05, 3.63) is 40.1 Å². The molecule has 1 aromatic carbocycles. The minimum atomic E-state index is 0.383. The van der Waals surface area contributed by atoms with Crippen molar-refractivity contribution in [3.63, 3.8) is 0 Å². The van der Waals surface area contributed by atoms with Crippen LogP contribution in [0.1, 0.15) is 19.2 Å². The van der Waals surface area contributed by atoms with E-state index < -0.39 is 0 Å². The highest BCUT2D eigenvalue weighted by Gasteiger charge is 2.06. The number of aryl methyl sites for hydroxylation is 1. The Balaban J connectivity index is 2.24. The molecule has 2 N–H and O–H groups in total. The molecular weight excluding hydrogens is 285 g/mol. The monoisotopic (exact) mass is 297 g/mol. The summed E-state index contributed by atoms with van der Waals surface area (Å²) in [6.45, 7) is 2.05. The number of nitrogen functional groups attached to an aromatic ring is 1. The molecule has 0 aliphatic heterocycles. The van der Waals surface area contributed by atoms with Gasteiger partial charge in [-0.3, -0.25) is 0 Å². The van der Waals surface area contributed by atoms with E-state index >= 15 is 0 Å². The topological polar surface area (TPSA) is 61.0 Å². The van der Waals surface area contributed by atoms with E-state index in [0.29, 0.717) is 33.3 Å². The van der Waals surface area contributed by atoms with Crippen LogP contribution in [0.25, 0.3) is 0 Å². The fourth-order valence-corrected chi connectivity index (χ4v) is 1.83. The molecule has 2 rings (SSSR count). The smallest absolute Gasteiger partial charge is 0.224 e. The predicted octanol–water partition coefficient (Wildman–Crippen LogP) is 4.11. The highest BCUT2D eigenvalue weighted by molar-refractivity contribution is 6.42. The minimum absolute atomic E-state index is 0.383. The van der Waals surface area contributed by atoms with Crippen LogP contribution in [-0.4, -0.2) is 9.97 Å². The van der Waals surface area contributed by atoms with E-state index in [4.69, 9.17) is 33.7 Å². The van der Waals surface area contributed by atoms with Crippen LogP contribution in [-0.2, 0) is 6.42 Å². The number of benzene rings is 1. The fraction of sp³-hybridized carbons (Fsp3) is 0.231. The lowest BCUT2D eigenvalue weighted by Crippen LogP contribution is -2.01. The van der Waals surface area contributed by atoms with Crippen LogP contribution in [0.4, 0.5) is 5.82 Å². The summed E-state index contributed by atoms with van der Waals surface area (Å²) in [5.41, 5.74) is 5.72. The third kappa shape index (κ3) is 3.72. The van der Waals surface area contributed by atoms with E-state index in [1.807, 2.05) is 6.92 Å². The number of ether oxygens (including phenoxy) is 1. The molecule has 0 aliphatic carbocycles. The van der Waals surface area contributed by atoms with Crippen molar-refractivity contribution in [2.75, 3.05) is 5.73 Å². The van der Waals surface area contributed by atoms with Crippen LogP contribution in [0.5, 0.6) is 11.6 Å². The fourth-order valence-electron chi connectivity index (χ4n) is 1.54.